The van der Waals surface area contributed by atoms with Gasteiger partial charge in [0.25, 0.3) is 5.91 Å². The summed E-state index contributed by atoms with van der Waals surface area (Å²) in [6.45, 7) is 9.64. The Morgan fingerprint density at radius 3 is 2.17 bits per heavy atom. The zero-order valence-electron chi connectivity index (χ0n) is 15.2. The van der Waals surface area contributed by atoms with Crippen molar-refractivity contribution in [3.63, 3.8) is 0 Å². The molecule has 0 radical (unpaired) electrons. The van der Waals surface area contributed by atoms with E-state index in [1.165, 1.54) is 0 Å². The van der Waals surface area contributed by atoms with Crippen LogP contribution in [-0.2, 0) is 11.3 Å². The highest BCUT2D eigenvalue weighted by atomic mass is 16.2. The molecule has 5 nitrogen and oxygen atoms in total. The van der Waals surface area contributed by atoms with Crippen LogP contribution in [0.25, 0.3) is 0 Å². The van der Waals surface area contributed by atoms with Crippen LogP contribution in [0.1, 0.15) is 73.7 Å². The van der Waals surface area contributed by atoms with Crippen molar-refractivity contribution in [3.8, 4) is 0 Å². The Labute approximate surface area is 144 Å². The number of amides is 2. The van der Waals surface area contributed by atoms with Crippen molar-refractivity contribution in [2.75, 3.05) is 0 Å². The molecule has 0 saturated carbocycles. The lowest BCUT2D eigenvalue weighted by Gasteiger charge is -2.13. The summed E-state index contributed by atoms with van der Waals surface area (Å²) < 4.78 is 0. The molecular weight excluding hydrogens is 304 g/mol. The average Bonchev–Trinajstić information content (AvgIpc) is 2.51. The van der Waals surface area contributed by atoms with Crippen LogP contribution < -0.4 is 10.6 Å². The first-order valence-corrected chi connectivity index (χ1v) is 8.50. The third kappa shape index (κ3) is 6.14. The van der Waals surface area contributed by atoms with E-state index in [1.54, 1.807) is 18.2 Å². The van der Waals surface area contributed by atoms with Gasteiger partial charge in [-0.05, 0) is 44.0 Å². The fraction of sp³-hybridized carbons (Fsp3) is 0.526. The summed E-state index contributed by atoms with van der Waals surface area (Å²) in [7, 11) is 0. The predicted octanol–water partition coefficient (Wildman–Crippen LogP) is 3.08. The number of Topliss-reactive ketones (excluding diaryl/α,β-unsaturated/α-hetero) is 1. The first-order chi connectivity index (χ1) is 11.2. The molecule has 0 spiro atoms. The highest BCUT2D eigenvalue weighted by Gasteiger charge is 2.14. The lowest BCUT2D eigenvalue weighted by atomic mass is 9.99. The Bertz CT molecular complexity index is 607. The zero-order valence-corrected chi connectivity index (χ0v) is 15.2. The minimum absolute atomic E-state index is 0.00753. The molecule has 0 heterocycles. The number of benzene rings is 1. The third-order valence-corrected chi connectivity index (χ3v) is 3.46. The van der Waals surface area contributed by atoms with Crippen LogP contribution in [-0.4, -0.2) is 23.6 Å². The Balaban J connectivity index is 3.08. The summed E-state index contributed by atoms with van der Waals surface area (Å²) in [6, 6.07) is 5.12. The van der Waals surface area contributed by atoms with Crippen molar-refractivity contribution in [2.24, 2.45) is 5.92 Å². The first kappa shape index (κ1) is 19.9. The van der Waals surface area contributed by atoms with E-state index in [4.69, 9.17) is 0 Å². The molecule has 0 fully saturated rings. The summed E-state index contributed by atoms with van der Waals surface area (Å²) in [4.78, 5) is 36.2. The fourth-order valence-electron chi connectivity index (χ4n) is 2.20. The van der Waals surface area contributed by atoms with E-state index in [0.29, 0.717) is 24.1 Å². The van der Waals surface area contributed by atoms with Gasteiger partial charge in [0, 0.05) is 36.1 Å². The van der Waals surface area contributed by atoms with Crippen molar-refractivity contribution < 1.29 is 14.4 Å². The number of rotatable bonds is 8. The minimum Gasteiger partial charge on any atom is -0.352 e. The number of hydrogen-bond donors (Lipinski definition) is 2. The molecule has 0 aliphatic rings. The normalized spacial score (nSPS) is 10.8. The van der Waals surface area contributed by atoms with Crippen LogP contribution in [0.15, 0.2) is 18.2 Å². The van der Waals surface area contributed by atoms with Gasteiger partial charge in [0.15, 0.2) is 5.78 Å². The van der Waals surface area contributed by atoms with Gasteiger partial charge in [-0.1, -0.05) is 20.8 Å². The molecule has 0 aromatic heterocycles. The van der Waals surface area contributed by atoms with Gasteiger partial charge in [-0.15, -0.1) is 0 Å². The Morgan fingerprint density at radius 2 is 1.62 bits per heavy atom. The average molecular weight is 332 g/mol. The zero-order chi connectivity index (χ0) is 18.3. The first-order valence-electron chi connectivity index (χ1n) is 8.50. The summed E-state index contributed by atoms with van der Waals surface area (Å²) in [5.74, 6) is -0.382. The van der Waals surface area contributed by atoms with E-state index >= 15 is 0 Å². The lowest BCUT2D eigenvalue weighted by Crippen LogP contribution is -2.31. The highest BCUT2D eigenvalue weighted by molar-refractivity contribution is 6.01. The fourth-order valence-corrected chi connectivity index (χ4v) is 2.20. The van der Waals surface area contributed by atoms with Gasteiger partial charge >= 0.3 is 0 Å². The van der Waals surface area contributed by atoms with Gasteiger partial charge in [0.2, 0.25) is 5.91 Å². The van der Waals surface area contributed by atoms with Gasteiger partial charge in [-0.3, -0.25) is 14.4 Å². The third-order valence-electron chi connectivity index (χ3n) is 3.46. The van der Waals surface area contributed by atoms with Crippen LogP contribution in [0.4, 0.5) is 0 Å². The molecule has 1 aromatic carbocycles. The van der Waals surface area contributed by atoms with E-state index in [9.17, 15) is 14.4 Å². The number of ketones is 1. The van der Waals surface area contributed by atoms with Crippen molar-refractivity contribution in [1.29, 1.82) is 0 Å². The molecular formula is C19H28N2O3. The van der Waals surface area contributed by atoms with Crippen LogP contribution in [0.5, 0.6) is 0 Å². The maximum absolute atomic E-state index is 12.3. The molecule has 0 aliphatic carbocycles. The number of hydrogen-bond acceptors (Lipinski definition) is 3. The van der Waals surface area contributed by atoms with Gasteiger partial charge in [-0.2, -0.15) is 0 Å². The molecule has 5 heteroatoms. The van der Waals surface area contributed by atoms with Crippen LogP contribution in [0.2, 0.25) is 0 Å². The molecule has 1 rings (SSSR count). The molecule has 132 valence electrons. The molecule has 0 saturated heterocycles. The van der Waals surface area contributed by atoms with Gasteiger partial charge in [-0.25, -0.2) is 0 Å². The summed E-state index contributed by atoms with van der Waals surface area (Å²) in [5.41, 5.74) is 1.71. The largest absolute Gasteiger partial charge is 0.352 e. The highest BCUT2D eigenvalue weighted by Crippen LogP contribution is 2.14. The second kappa shape index (κ2) is 9.21. The molecule has 0 bridgehead atoms. The van der Waals surface area contributed by atoms with Crippen molar-refractivity contribution in [3.05, 3.63) is 34.9 Å². The Morgan fingerprint density at radius 1 is 1.00 bits per heavy atom. The maximum Gasteiger partial charge on any atom is 0.251 e. The van der Waals surface area contributed by atoms with Crippen LogP contribution >= 0.6 is 0 Å². The van der Waals surface area contributed by atoms with Crippen molar-refractivity contribution >= 4 is 17.6 Å². The van der Waals surface area contributed by atoms with E-state index in [2.05, 4.69) is 10.6 Å². The Kier molecular flexibility index (Phi) is 7.62. The quantitative estimate of drug-likeness (QED) is 0.718. The molecule has 0 aliphatic heterocycles. The molecule has 24 heavy (non-hydrogen) atoms. The summed E-state index contributed by atoms with van der Waals surface area (Å²) in [6.07, 6.45) is 1.19. The second-order valence-corrected chi connectivity index (χ2v) is 6.59. The summed E-state index contributed by atoms with van der Waals surface area (Å²) in [5, 5.41) is 5.65. The van der Waals surface area contributed by atoms with E-state index in [0.717, 1.165) is 12.0 Å². The number of carbonyl (C=O) groups excluding carboxylic acids is 3. The van der Waals surface area contributed by atoms with Crippen molar-refractivity contribution in [1.82, 2.24) is 10.6 Å². The molecule has 2 amide bonds. The monoisotopic (exact) mass is 332 g/mol. The molecule has 0 atom stereocenters. The second-order valence-electron chi connectivity index (χ2n) is 6.59. The topological polar surface area (TPSA) is 75.3 Å². The Hall–Kier alpha value is -2.17. The minimum atomic E-state index is -0.215. The van der Waals surface area contributed by atoms with Crippen LogP contribution in [0.3, 0.4) is 0 Å². The molecule has 0 unspecified atom stereocenters. The number of carbonyl (C=O) groups is 3. The SMILES string of the molecule is CCCC(=O)c1cc(CNC(=O)C(C)C)cc(C(=O)NC(C)C)c1. The predicted molar refractivity (Wildman–Crippen MR) is 95.0 cm³/mol. The van der Waals surface area contributed by atoms with Crippen LogP contribution in [0, 0.1) is 5.92 Å². The van der Waals surface area contributed by atoms with E-state index in [-0.39, 0.29) is 29.6 Å². The standard InChI is InChI=1S/C19H28N2O3/c1-6-7-17(22)15-8-14(11-20-18(23)12(2)3)9-16(10-15)19(24)21-13(4)5/h8-10,12-13H,6-7,11H2,1-5H3,(H,20,23)(H,21,24). The smallest absolute Gasteiger partial charge is 0.251 e. The number of nitrogens with one attached hydrogen (secondary N) is 2. The van der Waals surface area contributed by atoms with E-state index < -0.39 is 0 Å². The van der Waals surface area contributed by atoms with E-state index in [1.807, 2.05) is 34.6 Å². The van der Waals surface area contributed by atoms with Gasteiger partial charge < -0.3 is 10.6 Å². The lowest BCUT2D eigenvalue weighted by molar-refractivity contribution is -0.124. The van der Waals surface area contributed by atoms with Gasteiger partial charge in [0.1, 0.15) is 0 Å². The molecule has 2 N–H and O–H groups in total. The van der Waals surface area contributed by atoms with Crippen molar-refractivity contribution in [2.45, 2.75) is 60.0 Å². The molecule has 1 aromatic rings. The van der Waals surface area contributed by atoms with Gasteiger partial charge in [0.05, 0.1) is 0 Å². The maximum atomic E-state index is 12.3. The summed E-state index contributed by atoms with van der Waals surface area (Å²) >= 11 is 0.